The minimum atomic E-state index is -3.81. The molecular formula is C19H22BrF2NO5S. The van der Waals surface area contributed by atoms with Crippen molar-refractivity contribution >= 4 is 37.6 Å². The van der Waals surface area contributed by atoms with Gasteiger partial charge in [-0.3, -0.25) is 9.59 Å². The van der Waals surface area contributed by atoms with Crippen molar-refractivity contribution in [1.82, 2.24) is 4.90 Å². The molecule has 1 saturated heterocycles. The molecule has 1 saturated carbocycles. The zero-order chi connectivity index (χ0) is 21.4. The Morgan fingerprint density at radius 1 is 1.28 bits per heavy atom. The highest BCUT2D eigenvalue weighted by Gasteiger charge is 2.51. The van der Waals surface area contributed by atoms with Crippen molar-refractivity contribution in [2.24, 2.45) is 11.8 Å². The van der Waals surface area contributed by atoms with E-state index in [2.05, 4.69) is 15.9 Å². The highest BCUT2D eigenvalue weighted by Crippen LogP contribution is 2.41. The second kappa shape index (κ2) is 8.29. The molecule has 0 bridgehead atoms. The van der Waals surface area contributed by atoms with E-state index in [1.54, 1.807) is 19.1 Å². The Morgan fingerprint density at radius 3 is 2.55 bits per heavy atom. The smallest absolute Gasteiger partial charge is 0.309 e. The maximum atomic E-state index is 13.6. The van der Waals surface area contributed by atoms with Gasteiger partial charge in [-0.15, -0.1) is 0 Å². The van der Waals surface area contributed by atoms with Crippen molar-refractivity contribution in [3.05, 3.63) is 28.7 Å². The summed E-state index contributed by atoms with van der Waals surface area (Å²) in [6.45, 7) is 0.878. The number of benzene rings is 1. The van der Waals surface area contributed by atoms with E-state index in [-0.39, 0.29) is 30.9 Å². The van der Waals surface area contributed by atoms with Gasteiger partial charge in [0.05, 0.1) is 35.1 Å². The van der Waals surface area contributed by atoms with E-state index in [9.17, 15) is 26.8 Å². The highest BCUT2D eigenvalue weighted by atomic mass is 79.9. The van der Waals surface area contributed by atoms with Crippen LogP contribution in [-0.2, 0) is 24.2 Å². The first-order valence-electron chi connectivity index (χ1n) is 9.38. The number of rotatable bonds is 5. The van der Waals surface area contributed by atoms with Crippen LogP contribution < -0.4 is 0 Å². The fourth-order valence-corrected chi connectivity index (χ4v) is 6.44. The molecule has 1 aliphatic carbocycles. The Morgan fingerprint density at radius 2 is 1.97 bits per heavy atom. The van der Waals surface area contributed by atoms with Crippen LogP contribution in [0.4, 0.5) is 8.78 Å². The Kier molecular flexibility index (Phi) is 6.33. The monoisotopic (exact) mass is 493 g/mol. The van der Waals surface area contributed by atoms with Gasteiger partial charge in [0, 0.05) is 17.4 Å². The molecule has 1 aliphatic heterocycles. The van der Waals surface area contributed by atoms with Crippen LogP contribution in [0.2, 0.25) is 0 Å². The van der Waals surface area contributed by atoms with Gasteiger partial charge in [-0.05, 0) is 38.0 Å². The molecule has 0 N–H and O–H groups in total. The van der Waals surface area contributed by atoms with Crippen molar-refractivity contribution in [1.29, 1.82) is 0 Å². The number of amides is 1. The lowest BCUT2D eigenvalue weighted by atomic mass is 9.95. The normalized spacial score (nSPS) is 26.5. The van der Waals surface area contributed by atoms with Gasteiger partial charge in [0.1, 0.15) is 0 Å². The third kappa shape index (κ3) is 4.63. The number of carbonyl (C=O) groups excluding carboxylic acids is 2. The summed E-state index contributed by atoms with van der Waals surface area (Å²) in [5.41, 5.74) is 0. The largest absolute Gasteiger partial charge is 0.466 e. The number of hydrogen-bond donors (Lipinski definition) is 0. The Bertz CT molecular complexity index is 908. The molecule has 29 heavy (non-hydrogen) atoms. The molecule has 160 valence electrons. The summed E-state index contributed by atoms with van der Waals surface area (Å²) in [4.78, 5) is 26.4. The molecule has 6 nitrogen and oxygen atoms in total. The second-order valence-corrected chi connectivity index (χ2v) is 10.6. The molecule has 0 spiro atoms. The Balaban J connectivity index is 1.87. The average molecular weight is 494 g/mol. The number of nitrogens with zero attached hydrogens (tertiary/aromatic N) is 1. The van der Waals surface area contributed by atoms with Gasteiger partial charge < -0.3 is 9.64 Å². The van der Waals surface area contributed by atoms with Crippen LogP contribution >= 0.6 is 15.9 Å². The van der Waals surface area contributed by atoms with Gasteiger partial charge in [0.25, 0.3) is 5.92 Å². The molecule has 0 unspecified atom stereocenters. The molecule has 1 aromatic rings. The summed E-state index contributed by atoms with van der Waals surface area (Å²) in [5.74, 6) is -6.19. The maximum absolute atomic E-state index is 13.6. The summed E-state index contributed by atoms with van der Waals surface area (Å²) < 4.78 is 58.9. The molecular weight excluding hydrogens is 472 g/mol. The van der Waals surface area contributed by atoms with Crippen molar-refractivity contribution in [2.45, 2.75) is 42.3 Å². The minimum Gasteiger partial charge on any atom is -0.466 e. The number of sulfone groups is 1. The summed E-state index contributed by atoms with van der Waals surface area (Å²) in [7, 11) is -3.81. The molecule has 1 aromatic carbocycles. The van der Waals surface area contributed by atoms with E-state index in [0.29, 0.717) is 4.47 Å². The predicted octanol–water partition coefficient (Wildman–Crippen LogP) is 3.05. The molecule has 1 amide bonds. The van der Waals surface area contributed by atoms with Gasteiger partial charge in [0.2, 0.25) is 5.91 Å². The highest BCUT2D eigenvalue weighted by molar-refractivity contribution is 9.10. The Hall–Kier alpha value is -1.55. The molecule has 3 rings (SSSR count). The van der Waals surface area contributed by atoms with Crippen LogP contribution in [0.15, 0.2) is 33.6 Å². The molecule has 3 atom stereocenters. The van der Waals surface area contributed by atoms with Crippen molar-refractivity contribution in [2.75, 3.05) is 19.7 Å². The SMILES string of the molecule is CCOC(=O)[C@@H]1C[C@@H](S(=O)(=O)c2cccc(Br)c2)C[C@H]1C(=O)N1CCC(F)(F)C1. The van der Waals surface area contributed by atoms with E-state index in [1.165, 1.54) is 12.1 Å². The number of hydrogen-bond acceptors (Lipinski definition) is 5. The van der Waals surface area contributed by atoms with Crippen molar-refractivity contribution in [3.63, 3.8) is 0 Å². The number of alkyl halides is 2. The zero-order valence-corrected chi connectivity index (χ0v) is 18.2. The number of esters is 1. The summed E-state index contributed by atoms with van der Waals surface area (Å²) in [5, 5.41) is -0.969. The van der Waals surface area contributed by atoms with E-state index < -0.39 is 57.7 Å². The van der Waals surface area contributed by atoms with Crippen LogP contribution in [0, 0.1) is 11.8 Å². The zero-order valence-electron chi connectivity index (χ0n) is 15.8. The van der Waals surface area contributed by atoms with Gasteiger partial charge >= 0.3 is 5.97 Å². The lowest BCUT2D eigenvalue weighted by Crippen LogP contribution is -2.39. The topological polar surface area (TPSA) is 80.8 Å². The average Bonchev–Trinajstić information content (AvgIpc) is 3.25. The molecule has 1 heterocycles. The quantitative estimate of drug-likeness (QED) is 0.588. The first kappa shape index (κ1) is 22.1. The third-order valence-corrected chi connectivity index (χ3v) is 8.14. The molecule has 0 aromatic heterocycles. The summed E-state index contributed by atoms with van der Waals surface area (Å²) in [6, 6.07) is 6.19. The van der Waals surface area contributed by atoms with Crippen molar-refractivity contribution in [3.8, 4) is 0 Å². The second-order valence-electron chi connectivity index (χ2n) is 7.43. The van der Waals surface area contributed by atoms with Crippen LogP contribution in [0.1, 0.15) is 26.2 Å². The molecule has 10 heteroatoms. The molecule has 2 fully saturated rings. The van der Waals surface area contributed by atoms with Gasteiger partial charge in [-0.2, -0.15) is 0 Å². The van der Waals surface area contributed by atoms with E-state index >= 15 is 0 Å². The first-order chi connectivity index (χ1) is 13.5. The van der Waals surface area contributed by atoms with E-state index in [1.807, 2.05) is 0 Å². The third-order valence-electron chi connectivity index (χ3n) is 5.47. The van der Waals surface area contributed by atoms with E-state index in [0.717, 1.165) is 4.90 Å². The fourth-order valence-electron chi connectivity index (χ4n) is 4.02. The predicted molar refractivity (Wildman–Crippen MR) is 104 cm³/mol. The maximum Gasteiger partial charge on any atom is 0.309 e. The van der Waals surface area contributed by atoms with Crippen LogP contribution in [0.5, 0.6) is 0 Å². The van der Waals surface area contributed by atoms with Gasteiger partial charge in [-0.25, -0.2) is 17.2 Å². The number of halogens is 3. The summed E-state index contributed by atoms with van der Waals surface area (Å²) in [6.07, 6.45) is -0.608. The lowest BCUT2D eigenvalue weighted by molar-refractivity contribution is -0.153. The van der Waals surface area contributed by atoms with Crippen LogP contribution in [-0.4, -0.2) is 56.1 Å². The number of likely N-dealkylation sites (tertiary alicyclic amines) is 1. The van der Waals surface area contributed by atoms with Crippen LogP contribution in [0.25, 0.3) is 0 Å². The van der Waals surface area contributed by atoms with Gasteiger partial charge in [0.15, 0.2) is 9.84 Å². The summed E-state index contributed by atoms with van der Waals surface area (Å²) >= 11 is 3.24. The van der Waals surface area contributed by atoms with Gasteiger partial charge in [-0.1, -0.05) is 22.0 Å². The first-order valence-corrected chi connectivity index (χ1v) is 11.7. The molecule has 0 radical (unpaired) electrons. The van der Waals surface area contributed by atoms with Crippen LogP contribution in [0.3, 0.4) is 0 Å². The Labute approximate surface area is 176 Å². The van der Waals surface area contributed by atoms with E-state index in [4.69, 9.17) is 4.74 Å². The fraction of sp³-hybridized carbons (Fsp3) is 0.579. The number of ether oxygens (including phenoxy) is 1. The lowest BCUT2D eigenvalue weighted by Gasteiger charge is -2.23. The number of carbonyl (C=O) groups is 2. The molecule has 2 aliphatic rings. The van der Waals surface area contributed by atoms with Crippen molar-refractivity contribution < 1.29 is 31.5 Å². The standard InChI is InChI=1S/C19H22BrF2NO5S/c1-2-28-18(25)16-10-14(29(26,27)13-5-3-4-12(20)8-13)9-15(16)17(24)23-7-6-19(21,22)11-23/h3-5,8,14-16H,2,6-7,9-11H2,1H3/t14-,15+,16+/m0/s1. The minimum absolute atomic E-state index is 0.0751.